The highest BCUT2D eigenvalue weighted by atomic mass is 19.4. The van der Waals surface area contributed by atoms with Gasteiger partial charge in [0.05, 0.1) is 22.3 Å². The van der Waals surface area contributed by atoms with Gasteiger partial charge in [-0.25, -0.2) is 4.98 Å². The minimum atomic E-state index is -4.48. The molecule has 0 N–H and O–H groups in total. The summed E-state index contributed by atoms with van der Waals surface area (Å²) in [5.41, 5.74) is 1.82. The Kier molecular flexibility index (Phi) is 5.67. The predicted octanol–water partition coefficient (Wildman–Crippen LogP) is 5.00. The average Bonchev–Trinajstić information content (AvgIpc) is 3.04. The summed E-state index contributed by atoms with van der Waals surface area (Å²) in [5, 5.41) is 4.18. The molecule has 0 unspecified atom stereocenters. The second-order valence-electron chi connectivity index (χ2n) is 6.56. The molecule has 0 saturated carbocycles. The average molecular weight is 391 g/mol. The van der Waals surface area contributed by atoms with Crippen LogP contribution in [0.15, 0.2) is 40.9 Å². The van der Waals surface area contributed by atoms with Crippen molar-refractivity contribution in [3.63, 3.8) is 0 Å². The maximum Gasteiger partial charge on any atom is 0.406 e. The van der Waals surface area contributed by atoms with Crippen LogP contribution in [0.2, 0.25) is 0 Å². The molecule has 0 fully saturated rings. The Hall–Kier alpha value is -2.90. The van der Waals surface area contributed by atoms with E-state index in [0.717, 1.165) is 10.5 Å². The van der Waals surface area contributed by atoms with Crippen molar-refractivity contribution in [2.24, 2.45) is 0 Å². The molecule has 2 aromatic heterocycles. The quantitative estimate of drug-likeness (QED) is 0.593. The van der Waals surface area contributed by atoms with E-state index < -0.39 is 18.6 Å². The number of carbonyl (C=O) groups excluding carboxylic acids is 1. The van der Waals surface area contributed by atoms with Gasteiger partial charge in [0.1, 0.15) is 6.54 Å². The Morgan fingerprint density at radius 3 is 2.57 bits per heavy atom. The molecule has 0 spiro atoms. The number of hydrogen-bond acceptors (Lipinski definition) is 4. The van der Waals surface area contributed by atoms with Gasteiger partial charge < -0.3 is 9.42 Å². The molecule has 3 rings (SSSR count). The fourth-order valence-electron chi connectivity index (χ4n) is 3.01. The molecule has 5 nitrogen and oxygen atoms in total. The molecule has 0 saturated heterocycles. The highest BCUT2D eigenvalue weighted by molar-refractivity contribution is 6.07. The maximum absolute atomic E-state index is 13.1. The number of pyridine rings is 1. The number of fused-ring (bicyclic) bond motifs is 1. The van der Waals surface area contributed by atoms with Gasteiger partial charge >= 0.3 is 6.18 Å². The molecule has 0 aliphatic heterocycles. The summed E-state index contributed by atoms with van der Waals surface area (Å²) in [4.78, 5) is 18.3. The van der Waals surface area contributed by atoms with Crippen molar-refractivity contribution >= 4 is 17.0 Å². The molecular formula is C20H20F3N3O2. The van der Waals surface area contributed by atoms with Crippen molar-refractivity contribution in [1.82, 2.24) is 15.0 Å². The number of benzene rings is 1. The first kappa shape index (κ1) is 19.9. The Labute approximate surface area is 160 Å². The van der Waals surface area contributed by atoms with Gasteiger partial charge in [-0.15, -0.1) is 0 Å². The SMILES string of the molecule is CCCCN(CC(F)(F)F)C(=O)c1cc(-c2ccccc2)nc2onc(C)c12. The number of aryl methyl sites for hydroxylation is 1. The lowest BCUT2D eigenvalue weighted by Crippen LogP contribution is -2.39. The standard InChI is InChI=1S/C20H20F3N3O2/c1-3-4-10-26(12-20(21,22)23)19(27)15-11-16(14-8-6-5-7-9-14)24-18-17(15)13(2)25-28-18/h5-9,11H,3-4,10,12H2,1-2H3. The van der Waals surface area contributed by atoms with E-state index in [1.165, 1.54) is 6.07 Å². The van der Waals surface area contributed by atoms with Crippen LogP contribution in [-0.2, 0) is 0 Å². The van der Waals surface area contributed by atoms with Gasteiger partial charge in [-0.3, -0.25) is 4.79 Å². The van der Waals surface area contributed by atoms with E-state index in [1.54, 1.807) is 19.1 Å². The van der Waals surface area contributed by atoms with Crippen molar-refractivity contribution in [3.05, 3.63) is 47.7 Å². The van der Waals surface area contributed by atoms with Crippen LogP contribution in [0.25, 0.3) is 22.4 Å². The first-order valence-corrected chi connectivity index (χ1v) is 8.98. The van der Waals surface area contributed by atoms with Gasteiger partial charge in [-0.1, -0.05) is 48.8 Å². The largest absolute Gasteiger partial charge is 0.406 e. The van der Waals surface area contributed by atoms with E-state index in [2.05, 4.69) is 10.1 Å². The first-order chi connectivity index (χ1) is 13.3. The van der Waals surface area contributed by atoms with Crippen molar-refractivity contribution < 1.29 is 22.5 Å². The molecule has 0 aliphatic carbocycles. The zero-order valence-corrected chi connectivity index (χ0v) is 15.6. The van der Waals surface area contributed by atoms with Crippen LogP contribution in [0.1, 0.15) is 35.8 Å². The highest BCUT2D eigenvalue weighted by Crippen LogP contribution is 2.29. The van der Waals surface area contributed by atoms with Gasteiger partial charge in [0, 0.05) is 12.1 Å². The summed E-state index contributed by atoms with van der Waals surface area (Å²) in [7, 11) is 0. The third kappa shape index (κ3) is 4.32. The summed E-state index contributed by atoms with van der Waals surface area (Å²) < 4.78 is 44.4. The molecular weight excluding hydrogens is 371 g/mol. The summed E-state index contributed by atoms with van der Waals surface area (Å²) >= 11 is 0. The number of nitrogens with zero attached hydrogens (tertiary/aromatic N) is 3. The monoisotopic (exact) mass is 391 g/mol. The topological polar surface area (TPSA) is 59.2 Å². The molecule has 8 heteroatoms. The van der Waals surface area contributed by atoms with E-state index in [1.807, 2.05) is 25.1 Å². The zero-order chi connectivity index (χ0) is 20.3. The van der Waals surface area contributed by atoms with Crippen LogP contribution in [0.3, 0.4) is 0 Å². The Morgan fingerprint density at radius 1 is 1.21 bits per heavy atom. The number of unbranched alkanes of at least 4 members (excludes halogenated alkanes) is 1. The smallest absolute Gasteiger partial charge is 0.335 e. The Balaban J connectivity index is 2.10. The molecule has 148 valence electrons. The van der Waals surface area contributed by atoms with E-state index in [0.29, 0.717) is 29.6 Å². The summed E-state index contributed by atoms with van der Waals surface area (Å²) in [6, 6.07) is 10.6. The minimum absolute atomic E-state index is 0.0175. The zero-order valence-electron chi connectivity index (χ0n) is 15.6. The minimum Gasteiger partial charge on any atom is -0.335 e. The van der Waals surface area contributed by atoms with Crippen molar-refractivity contribution in [3.8, 4) is 11.3 Å². The third-order valence-corrected chi connectivity index (χ3v) is 4.36. The molecule has 0 aliphatic rings. The first-order valence-electron chi connectivity index (χ1n) is 8.98. The molecule has 1 amide bonds. The Bertz CT molecular complexity index is 968. The van der Waals surface area contributed by atoms with Gasteiger partial charge in [-0.2, -0.15) is 13.2 Å². The van der Waals surface area contributed by atoms with Crippen LogP contribution in [0.5, 0.6) is 0 Å². The summed E-state index contributed by atoms with van der Waals surface area (Å²) in [6.07, 6.45) is -3.33. The molecule has 28 heavy (non-hydrogen) atoms. The third-order valence-electron chi connectivity index (χ3n) is 4.36. The molecule has 0 atom stereocenters. The maximum atomic E-state index is 13.1. The van der Waals surface area contributed by atoms with E-state index in [-0.39, 0.29) is 17.8 Å². The lowest BCUT2D eigenvalue weighted by Gasteiger charge is -2.24. The van der Waals surface area contributed by atoms with E-state index in [9.17, 15) is 18.0 Å². The molecule has 3 aromatic rings. The second-order valence-corrected chi connectivity index (χ2v) is 6.56. The van der Waals surface area contributed by atoms with Crippen LogP contribution >= 0.6 is 0 Å². The number of alkyl halides is 3. The van der Waals surface area contributed by atoms with Gasteiger partial charge in [-0.05, 0) is 19.4 Å². The lowest BCUT2D eigenvalue weighted by atomic mass is 10.0. The predicted molar refractivity (Wildman–Crippen MR) is 98.8 cm³/mol. The number of carbonyl (C=O) groups is 1. The number of aromatic nitrogens is 2. The number of halogens is 3. The number of amides is 1. The van der Waals surface area contributed by atoms with Crippen LogP contribution < -0.4 is 0 Å². The highest BCUT2D eigenvalue weighted by Gasteiger charge is 2.34. The van der Waals surface area contributed by atoms with E-state index >= 15 is 0 Å². The van der Waals surface area contributed by atoms with E-state index in [4.69, 9.17) is 4.52 Å². The molecule has 0 bridgehead atoms. The molecule has 0 radical (unpaired) electrons. The second kappa shape index (κ2) is 8.00. The van der Waals surface area contributed by atoms with Crippen molar-refractivity contribution in [2.45, 2.75) is 32.9 Å². The summed E-state index contributed by atoms with van der Waals surface area (Å²) in [6.45, 7) is 2.20. The van der Waals surface area contributed by atoms with Crippen molar-refractivity contribution in [2.75, 3.05) is 13.1 Å². The lowest BCUT2D eigenvalue weighted by molar-refractivity contribution is -0.140. The number of rotatable bonds is 6. The van der Waals surface area contributed by atoms with Gasteiger partial charge in [0.25, 0.3) is 11.6 Å². The molecule has 2 heterocycles. The van der Waals surface area contributed by atoms with Crippen molar-refractivity contribution in [1.29, 1.82) is 0 Å². The fraction of sp³-hybridized carbons (Fsp3) is 0.350. The molecule has 1 aromatic carbocycles. The van der Waals surface area contributed by atoms with Crippen LogP contribution in [0.4, 0.5) is 13.2 Å². The normalized spacial score (nSPS) is 11.8. The van der Waals surface area contributed by atoms with Crippen LogP contribution in [0, 0.1) is 6.92 Å². The van der Waals surface area contributed by atoms with Crippen LogP contribution in [-0.4, -0.2) is 40.2 Å². The fourth-order valence-corrected chi connectivity index (χ4v) is 3.01. The Morgan fingerprint density at radius 2 is 1.93 bits per heavy atom. The summed E-state index contributed by atoms with van der Waals surface area (Å²) in [5.74, 6) is -0.707. The number of hydrogen-bond donors (Lipinski definition) is 0. The van der Waals surface area contributed by atoms with Gasteiger partial charge in [0.2, 0.25) is 0 Å². The van der Waals surface area contributed by atoms with Gasteiger partial charge in [0.15, 0.2) is 0 Å².